The summed E-state index contributed by atoms with van der Waals surface area (Å²) < 4.78 is 9.99. The average Bonchev–Trinajstić information content (AvgIpc) is 2.65. The highest BCUT2D eigenvalue weighted by Crippen LogP contribution is 2.25. The van der Waals surface area contributed by atoms with E-state index in [2.05, 4.69) is 0 Å². The van der Waals surface area contributed by atoms with Crippen LogP contribution >= 0.6 is 0 Å². The summed E-state index contributed by atoms with van der Waals surface area (Å²) in [5.74, 6) is 0.552. The lowest BCUT2D eigenvalue weighted by Gasteiger charge is -2.07. The third kappa shape index (κ3) is 3.87. The number of hydrogen-bond donors (Lipinski definition) is 0. The number of carbonyl (C=O) groups excluding carboxylic acids is 1. The van der Waals surface area contributed by atoms with E-state index < -0.39 is 0 Å². The first-order chi connectivity index (χ1) is 6.34. The summed E-state index contributed by atoms with van der Waals surface area (Å²) in [6.07, 6.45) is 4.53. The number of rotatable bonds is 6. The van der Waals surface area contributed by atoms with Crippen molar-refractivity contribution in [2.45, 2.75) is 25.7 Å². The van der Waals surface area contributed by atoms with E-state index in [1.165, 1.54) is 12.8 Å². The van der Waals surface area contributed by atoms with Crippen LogP contribution in [0.25, 0.3) is 0 Å². The fourth-order valence-electron chi connectivity index (χ4n) is 1.68. The highest BCUT2D eigenvalue weighted by atomic mass is 16.5. The van der Waals surface area contributed by atoms with Crippen molar-refractivity contribution in [2.24, 2.45) is 5.92 Å². The second-order valence-corrected chi connectivity index (χ2v) is 3.49. The topological polar surface area (TPSA) is 35.5 Å². The minimum atomic E-state index is 0.272. The molecule has 1 rings (SSSR count). The SMILES string of the molecule is COCCOCC(=O)C1CCCC1. The molecule has 0 spiro atoms. The molecule has 0 saturated heterocycles. The summed E-state index contributed by atoms with van der Waals surface area (Å²) in [5, 5.41) is 0. The Morgan fingerprint density at radius 2 is 2.00 bits per heavy atom. The maximum atomic E-state index is 11.4. The molecule has 1 aliphatic carbocycles. The highest BCUT2D eigenvalue weighted by molar-refractivity contribution is 5.82. The van der Waals surface area contributed by atoms with Gasteiger partial charge in [-0.1, -0.05) is 12.8 Å². The molecule has 0 aromatic carbocycles. The van der Waals surface area contributed by atoms with E-state index in [0.29, 0.717) is 13.2 Å². The molecule has 0 atom stereocenters. The quantitative estimate of drug-likeness (QED) is 0.588. The first kappa shape index (κ1) is 10.7. The smallest absolute Gasteiger partial charge is 0.161 e. The first-order valence-corrected chi connectivity index (χ1v) is 4.94. The normalized spacial score (nSPS) is 17.9. The molecule has 0 aromatic heterocycles. The number of hydrogen-bond acceptors (Lipinski definition) is 3. The summed E-state index contributed by atoms with van der Waals surface area (Å²) in [4.78, 5) is 11.4. The van der Waals surface area contributed by atoms with Crippen molar-refractivity contribution < 1.29 is 14.3 Å². The van der Waals surface area contributed by atoms with E-state index in [4.69, 9.17) is 9.47 Å². The fourth-order valence-corrected chi connectivity index (χ4v) is 1.68. The van der Waals surface area contributed by atoms with Crippen molar-refractivity contribution in [1.82, 2.24) is 0 Å². The zero-order valence-electron chi connectivity index (χ0n) is 8.25. The van der Waals surface area contributed by atoms with Crippen LogP contribution in [0.15, 0.2) is 0 Å². The van der Waals surface area contributed by atoms with Gasteiger partial charge in [0.2, 0.25) is 0 Å². The van der Waals surface area contributed by atoms with Crippen molar-refractivity contribution >= 4 is 5.78 Å². The van der Waals surface area contributed by atoms with Crippen LogP contribution in [-0.4, -0.2) is 32.7 Å². The van der Waals surface area contributed by atoms with Gasteiger partial charge in [-0.2, -0.15) is 0 Å². The van der Waals surface area contributed by atoms with Gasteiger partial charge < -0.3 is 9.47 Å². The standard InChI is InChI=1S/C10H18O3/c1-12-6-7-13-8-10(11)9-4-2-3-5-9/h9H,2-8H2,1H3. The van der Waals surface area contributed by atoms with E-state index in [1.54, 1.807) is 7.11 Å². The second kappa shape index (κ2) is 6.11. The Morgan fingerprint density at radius 3 is 2.62 bits per heavy atom. The number of methoxy groups -OCH3 is 1. The molecule has 0 bridgehead atoms. The number of ether oxygens (including phenoxy) is 2. The lowest BCUT2D eigenvalue weighted by molar-refractivity contribution is -0.127. The third-order valence-corrected chi connectivity index (χ3v) is 2.49. The molecule has 3 nitrogen and oxygen atoms in total. The summed E-state index contributed by atoms with van der Waals surface area (Å²) in [6, 6.07) is 0. The van der Waals surface area contributed by atoms with Crippen LogP contribution < -0.4 is 0 Å². The van der Waals surface area contributed by atoms with Crippen molar-refractivity contribution in [3.8, 4) is 0 Å². The molecule has 0 aromatic rings. The Labute approximate surface area is 79.4 Å². The van der Waals surface area contributed by atoms with Crippen molar-refractivity contribution in [3.63, 3.8) is 0 Å². The summed E-state index contributed by atoms with van der Waals surface area (Å²) in [6.45, 7) is 1.36. The molecule has 0 aliphatic heterocycles. The number of Topliss-reactive ketones (excluding diaryl/α,β-unsaturated/α-hetero) is 1. The Morgan fingerprint density at radius 1 is 1.31 bits per heavy atom. The first-order valence-electron chi connectivity index (χ1n) is 4.94. The zero-order valence-corrected chi connectivity index (χ0v) is 8.25. The zero-order chi connectivity index (χ0) is 9.52. The van der Waals surface area contributed by atoms with Gasteiger partial charge in [0.15, 0.2) is 5.78 Å². The summed E-state index contributed by atoms with van der Waals surface area (Å²) in [7, 11) is 1.63. The summed E-state index contributed by atoms with van der Waals surface area (Å²) >= 11 is 0. The summed E-state index contributed by atoms with van der Waals surface area (Å²) in [5.41, 5.74) is 0. The van der Waals surface area contributed by atoms with Crippen LogP contribution in [0.1, 0.15) is 25.7 Å². The average molecular weight is 186 g/mol. The van der Waals surface area contributed by atoms with E-state index in [-0.39, 0.29) is 18.3 Å². The third-order valence-electron chi connectivity index (χ3n) is 2.49. The maximum absolute atomic E-state index is 11.4. The predicted molar refractivity (Wildman–Crippen MR) is 49.7 cm³/mol. The number of carbonyl (C=O) groups is 1. The van der Waals surface area contributed by atoms with Gasteiger partial charge in [0.05, 0.1) is 13.2 Å². The molecular formula is C10H18O3. The lowest BCUT2D eigenvalue weighted by Crippen LogP contribution is -2.18. The van der Waals surface area contributed by atoms with Gasteiger partial charge in [-0.05, 0) is 12.8 Å². The van der Waals surface area contributed by atoms with Gasteiger partial charge >= 0.3 is 0 Å². The number of ketones is 1. The van der Waals surface area contributed by atoms with E-state index in [1.807, 2.05) is 0 Å². The van der Waals surface area contributed by atoms with Crippen LogP contribution in [0.3, 0.4) is 0 Å². The molecule has 1 aliphatic rings. The van der Waals surface area contributed by atoms with Gasteiger partial charge in [0.25, 0.3) is 0 Å². The molecule has 0 amide bonds. The largest absolute Gasteiger partial charge is 0.382 e. The van der Waals surface area contributed by atoms with Gasteiger partial charge in [-0.15, -0.1) is 0 Å². The minimum absolute atomic E-state index is 0.272. The van der Waals surface area contributed by atoms with Crippen LogP contribution in [-0.2, 0) is 14.3 Å². The van der Waals surface area contributed by atoms with Crippen molar-refractivity contribution in [1.29, 1.82) is 0 Å². The Balaban J connectivity index is 2.03. The van der Waals surface area contributed by atoms with Crippen LogP contribution in [0.4, 0.5) is 0 Å². The molecule has 13 heavy (non-hydrogen) atoms. The molecule has 1 fully saturated rings. The molecule has 0 heterocycles. The second-order valence-electron chi connectivity index (χ2n) is 3.49. The monoisotopic (exact) mass is 186 g/mol. The van der Waals surface area contributed by atoms with Gasteiger partial charge in [0.1, 0.15) is 6.61 Å². The Hall–Kier alpha value is -0.410. The van der Waals surface area contributed by atoms with E-state index >= 15 is 0 Å². The molecule has 0 unspecified atom stereocenters. The van der Waals surface area contributed by atoms with Crippen LogP contribution in [0.2, 0.25) is 0 Å². The maximum Gasteiger partial charge on any atom is 0.161 e. The molecule has 0 radical (unpaired) electrons. The molecule has 3 heteroatoms. The van der Waals surface area contributed by atoms with Crippen LogP contribution in [0.5, 0.6) is 0 Å². The Bertz CT molecular complexity index is 150. The molecule has 76 valence electrons. The Kier molecular flexibility index (Phi) is 5.01. The molecular weight excluding hydrogens is 168 g/mol. The van der Waals surface area contributed by atoms with Crippen LogP contribution in [0, 0.1) is 5.92 Å². The minimum Gasteiger partial charge on any atom is -0.382 e. The van der Waals surface area contributed by atoms with Gasteiger partial charge in [0, 0.05) is 13.0 Å². The molecule has 0 N–H and O–H groups in total. The van der Waals surface area contributed by atoms with Gasteiger partial charge in [-0.3, -0.25) is 4.79 Å². The van der Waals surface area contributed by atoms with Gasteiger partial charge in [-0.25, -0.2) is 0 Å². The highest BCUT2D eigenvalue weighted by Gasteiger charge is 2.22. The van der Waals surface area contributed by atoms with Crippen molar-refractivity contribution in [2.75, 3.05) is 26.9 Å². The van der Waals surface area contributed by atoms with E-state index in [9.17, 15) is 4.79 Å². The lowest BCUT2D eigenvalue weighted by atomic mass is 10.0. The fraction of sp³-hybridized carbons (Fsp3) is 0.900. The predicted octanol–water partition coefficient (Wildman–Crippen LogP) is 1.41. The van der Waals surface area contributed by atoms with E-state index in [0.717, 1.165) is 12.8 Å². The van der Waals surface area contributed by atoms with Crippen molar-refractivity contribution in [3.05, 3.63) is 0 Å². The molecule has 1 saturated carbocycles.